The van der Waals surface area contributed by atoms with Gasteiger partial charge in [-0.3, -0.25) is 0 Å². The SMILES string of the molecule is [C-]#[N+]c1ccc(/C=C/C)cc1. The van der Waals surface area contributed by atoms with Crippen LogP contribution in [0.3, 0.4) is 0 Å². The number of allylic oxidation sites excluding steroid dienone is 1. The fraction of sp³-hybridized carbons (Fsp3) is 0.100. The zero-order valence-electron chi connectivity index (χ0n) is 6.41. The molecule has 0 aromatic heterocycles. The first-order valence-corrected chi connectivity index (χ1v) is 3.47. The molecule has 1 aromatic carbocycles. The molecular weight excluding hydrogens is 134 g/mol. The first-order valence-electron chi connectivity index (χ1n) is 3.47. The lowest BCUT2D eigenvalue weighted by atomic mass is 10.2. The molecule has 1 aromatic rings. The van der Waals surface area contributed by atoms with Crippen LogP contribution in [-0.2, 0) is 0 Å². The van der Waals surface area contributed by atoms with E-state index in [4.69, 9.17) is 6.57 Å². The molecule has 0 heterocycles. The van der Waals surface area contributed by atoms with Gasteiger partial charge in [0.2, 0.25) is 0 Å². The lowest BCUT2D eigenvalue weighted by molar-refractivity contribution is 1.65. The van der Waals surface area contributed by atoms with Crippen molar-refractivity contribution in [2.24, 2.45) is 0 Å². The van der Waals surface area contributed by atoms with E-state index in [1.165, 1.54) is 0 Å². The molecule has 54 valence electrons. The van der Waals surface area contributed by atoms with Gasteiger partial charge < -0.3 is 0 Å². The van der Waals surface area contributed by atoms with Crippen LogP contribution in [-0.4, -0.2) is 0 Å². The van der Waals surface area contributed by atoms with Gasteiger partial charge in [-0.25, -0.2) is 4.85 Å². The van der Waals surface area contributed by atoms with Crippen molar-refractivity contribution < 1.29 is 0 Å². The molecule has 1 heteroatoms. The second-order valence-corrected chi connectivity index (χ2v) is 2.20. The topological polar surface area (TPSA) is 4.36 Å². The maximum Gasteiger partial charge on any atom is 0.187 e. The third-order valence-corrected chi connectivity index (χ3v) is 1.38. The predicted octanol–water partition coefficient (Wildman–Crippen LogP) is 3.27. The van der Waals surface area contributed by atoms with Crippen LogP contribution >= 0.6 is 0 Å². The van der Waals surface area contributed by atoms with Crippen molar-refractivity contribution in [2.45, 2.75) is 6.92 Å². The Hall–Kier alpha value is -1.55. The number of rotatable bonds is 1. The highest BCUT2D eigenvalue weighted by Gasteiger charge is 1.87. The van der Waals surface area contributed by atoms with Gasteiger partial charge in [-0.2, -0.15) is 0 Å². The number of nitrogens with zero attached hydrogens (tertiary/aromatic N) is 1. The zero-order chi connectivity index (χ0) is 8.10. The van der Waals surface area contributed by atoms with E-state index in [1.807, 2.05) is 43.3 Å². The first kappa shape index (κ1) is 7.56. The van der Waals surface area contributed by atoms with Gasteiger partial charge in [0.05, 0.1) is 6.57 Å². The zero-order valence-corrected chi connectivity index (χ0v) is 6.41. The van der Waals surface area contributed by atoms with Crippen LogP contribution in [0.1, 0.15) is 12.5 Å². The second-order valence-electron chi connectivity index (χ2n) is 2.20. The summed E-state index contributed by atoms with van der Waals surface area (Å²) in [5.41, 5.74) is 1.83. The van der Waals surface area contributed by atoms with E-state index < -0.39 is 0 Å². The molecular formula is C10H9N. The predicted molar refractivity (Wildman–Crippen MR) is 47.4 cm³/mol. The fourth-order valence-corrected chi connectivity index (χ4v) is 0.852. The molecule has 0 bridgehead atoms. The lowest BCUT2D eigenvalue weighted by Gasteiger charge is -1.91. The van der Waals surface area contributed by atoms with Crippen LogP contribution in [0.5, 0.6) is 0 Å². The Balaban J connectivity index is 2.94. The van der Waals surface area contributed by atoms with E-state index in [2.05, 4.69) is 4.85 Å². The van der Waals surface area contributed by atoms with Crippen molar-refractivity contribution in [3.05, 3.63) is 47.3 Å². The summed E-state index contributed by atoms with van der Waals surface area (Å²) in [6, 6.07) is 7.52. The molecule has 0 N–H and O–H groups in total. The molecule has 0 radical (unpaired) electrons. The van der Waals surface area contributed by atoms with Crippen molar-refractivity contribution >= 4 is 11.8 Å². The van der Waals surface area contributed by atoms with Crippen LogP contribution in [0.15, 0.2) is 30.3 Å². The van der Waals surface area contributed by atoms with Crippen LogP contribution in [0.4, 0.5) is 5.69 Å². The Bertz CT molecular complexity index is 288. The first-order chi connectivity index (χ1) is 5.36. The molecule has 0 saturated heterocycles. The summed E-state index contributed by atoms with van der Waals surface area (Å²) in [5.74, 6) is 0. The third-order valence-electron chi connectivity index (χ3n) is 1.38. The monoisotopic (exact) mass is 143 g/mol. The molecule has 0 aliphatic heterocycles. The Kier molecular flexibility index (Phi) is 2.46. The Labute approximate surface area is 66.8 Å². The summed E-state index contributed by atoms with van der Waals surface area (Å²) < 4.78 is 0. The highest BCUT2D eigenvalue weighted by atomic mass is 14.6. The summed E-state index contributed by atoms with van der Waals surface area (Å²) in [4.78, 5) is 3.30. The van der Waals surface area contributed by atoms with Gasteiger partial charge >= 0.3 is 0 Å². The van der Waals surface area contributed by atoms with Crippen LogP contribution in [0.25, 0.3) is 10.9 Å². The van der Waals surface area contributed by atoms with Crippen LogP contribution < -0.4 is 0 Å². The molecule has 0 amide bonds. The minimum atomic E-state index is 0.693. The molecule has 0 aliphatic rings. The average Bonchev–Trinajstić information content (AvgIpc) is 2.07. The van der Waals surface area contributed by atoms with Gasteiger partial charge in [0, 0.05) is 0 Å². The summed E-state index contributed by atoms with van der Waals surface area (Å²) in [5, 5.41) is 0. The smallest absolute Gasteiger partial charge is 0.187 e. The van der Waals surface area contributed by atoms with Crippen molar-refractivity contribution in [3.63, 3.8) is 0 Å². The summed E-state index contributed by atoms with van der Waals surface area (Å²) in [6.45, 7) is 8.70. The van der Waals surface area contributed by atoms with Crippen molar-refractivity contribution in [1.29, 1.82) is 0 Å². The summed E-state index contributed by atoms with van der Waals surface area (Å²) in [6.07, 6.45) is 3.99. The van der Waals surface area contributed by atoms with E-state index in [9.17, 15) is 0 Å². The number of hydrogen-bond donors (Lipinski definition) is 0. The van der Waals surface area contributed by atoms with Gasteiger partial charge in [-0.15, -0.1) is 0 Å². The highest BCUT2D eigenvalue weighted by molar-refractivity contribution is 5.54. The number of hydrogen-bond acceptors (Lipinski definition) is 0. The molecule has 0 saturated carbocycles. The van der Waals surface area contributed by atoms with Gasteiger partial charge in [0.15, 0.2) is 5.69 Å². The van der Waals surface area contributed by atoms with Gasteiger partial charge in [0.25, 0.3) is 0 Å². The summed E-state index contributed by atoms with van der Waals surface area (Å²) in [7, 11) is 0. The molecule has 1 rings (SSSR count). The van der Waals surface area contributed by atoms with Crippen molar-refractivity contribution in [1.82, 2.24) is 0 Å². The average molecular weight is 143 g/mol. The highest BCUT2D eigenvalue weighted by Crippen LogP contribution is 2.12. The molecule has 11 heavy (non-hydrogen) atoms. The van der Waals surface area contributed by atoms with Crippen molar-refractivity contribution in [2.75, 3.05) is 0 Å². The minimum Gasteiger partial charge on any atom is -0.238 e. The maximum absolute atomic E-state index is 6.72. The maximum atomic E-state index is 6.72. The minimum absolute atomic E-state index is 0.693. The van der Waals surface area contributed by atoms with E-state index in [0.717, 1.165) is 5.56 Å². The van der Waals surface area contributed by atoms with Gasteiger partial charge in [-0.1, -0.05) is 36.4 Å². The normalized spacial score (nSPS) is 9.82. The molecule has 0 fully saturated rings. The van der Waals surface area contributed by atoms with Gasteiger partial charge in [-0.05, 0) is 12.5 Å². The molecule has 0 unspecified atom stereocenters. The molecule has 0 aliphatic carbocycles. The van der Waals surface area contributed by atoms with E-state index >= 15 is 0 Å². The molecule has 0 atom stereocenters. The van der Waals surface area contributed by atoms with E-state index in [1.54, 1.807) is 0 Å². The summed E-state index contributed by atoms with van der Waals surface area (Å²) >= 11 is 0. The Morgan fingerprint density at radius 1 is 1.27 bits per heavy atom. The van der Waals surface area contributed by atoms with Crippen LogP contribution in [0, 0.1) is 6.57 Å². The molecule has 1 nitrogen and oxygen atoms in total. The quantitative estimate of drug-likeness (QED) is 0.531. The lowest BCUT2D eigenvalue weighted by Crippen LogP contribution is -1.67. The largest absolute Gasteiger partial charge is 0.238 e. The van der Waals surface area contributed by atoms with Gasteiger partial charge in [0.1, 0.15) is 0 Å². The Morgan fingerprint density at radius 2 is 1.91 bits per heavy atom. The third kappa shape index (κ3) is 1.94. The fourth-order valence-electron chi connectivity index (χ4n) is 0.852. The van der Waals surface area contributed by atoms with E-state index in [0.29, 0.717) is 5.69 Å². The van der Waals surface area contributed by atoms with Crippen LogP contribution in [0.2, 0.25) is 0 Å². The number of benzene rings is 1. The standard InChI is InChI=1S/C10H9N/c1-3-4-9-5-7-10(11-2)8-6-9/h3-8H,1H3/b4-3+. The molecule has 0 spiro atoms. The van der Waals surface area contributed by atoms with E-state index in [-0.39, 0.29) is 0 Å². The second kappa shape index (κ2) is 3.58. The van der Waals surface area contributed by atoms with Crippen molar-refractivity contribution in [3.8, 4) is 0 Å². The Morgan fingerprint density at radius 3 is 2.36 bits per heavy atom.